The van der Waals surface area contributed by atoms with Gasteiger partial charge < -0.3 is 18.9 Å². The van der Waals surface area contributed by atoms with Gasteiger partial charge in [0, 0.05) is 23.0 Å². The van der Waals surface area contributed by atoms with Gasteiger partial charge in [-0.2, -0.15) is 0 Å². The van der Waals surface area contributed by atoms with E-state index in [0.29, 0.717) is 18.4 Å². The summed E-state index contributed by atoms with van der Waals surface area (Å²) in [4.78, 5) is 39.1. The Morgan fingerprint density at radius 3 is 2.61 bits per heavy atom. The summed E-state index contributed by atoms with van der Waals surface area (Å²) in [7, 11) is 2.71. The lowest BCUT2D eigenvalue weighted by atomic mass is 9.43. The van der Waals surface area contributed by atoms with Crippen molar-refractivity contribution in [2.75, 3.05) is 14.2 Å². The molecule has 1 unspecified atom stereocenters. The number of methoxy groups -OCH3 is 2. The zero-order valence-corrected chi connectivity index (χ0v) is 16.4. The Bertz CT molecular complexity index is 855. The third-order valence-corrected chi connectivity index (χ3v) is 7.27. The zero-order valence-electron chi connectivity index (χ0n) is 16.4. The van der Waals surface area contributed by atoms with Crippen molar-refractivity contribution in [3.8, 4) is 0 Å². The molecule has 6 atom stereocenters. The normalized spacial score (nSPS) is 43.5. The second kappa shape index (κ2) is 5.72. The molecule has 3 aliphatic heterocycles. The topological polar surface area (TPSA) is 88.1 Å². The van der Waals surface area contributed by atoms with Crippen LogP contribution in [0.2, 0.25) is 0 Å². The summed E-state index contributed by atoms with van der Waals surface area (Å²) in [5, 5.41) is 0. The summed E-state index contributed by atoms with van der Waals surface area (Å²) in [5.74, 6) is -3.65. The lowest BCUT2D eigenvalue weighted by molar-refractivity contribution is -0.239. The van der Waals surface area contributed by atoms with Gasteiger partial charge in [-0.3, -0.25) is 14.4 Å². The zero-order chi connectivity index (χ0) is 20.5. The van der Waals surface area contributed by atoms with Crippen LogP contribution in [-0.2, 0) is 33.3 Å². The molecule has 150 valence electrons. The lowest BCUT2D eigenvalue weighted by Crippen LogP contribution is -2.72. The van der Waals surface area contributed by atoms with Crippen molar-refractivity contribution in [2.24, 2.45) is 28.6 Å². The molecule has 1 spiro atoms. The molecule has 2 aliphatic carbocycles. The van der Waals surface area contributed by atoms with Crippen molar-refractivity contribution in [3.63, 3.8) is 0 Å². The Hall–Kier alpha value is -2.57. The quantitative estimate of drug-likeness (QED) is 0.416. The number of ether oxygens (including phenoxy) is 4. The Labute approximate surface area is 163 Å². The summed E-state index contributed by atoms with van der Waals surface area (Å²) in [5.41, 5.74) is -2.54. The van der Waals surface area contributed by atoms with E-state index in [1.807, 2.05) is 6.92 Å². The van der Waals surface area contributed by atoms with Gasteiger partial charge in [0.2, 0.25) is 0 Å². The third kappa shape index (κ3) is 1.97. The summed E-state index contributed by atoms with van der Waals surface area (Å²) in [6.45, 7) is 7.55. The van der Waals surface area contributed by atoms with Gasteiger partial charge in [-0.25, -0.2) is 0 Å². The van der Waals surface area contributed by atoms with E-state index in [4.69, 9.17) is 18.9 Å². The lowest BCUT2D eigenvalue weighted by Gasteiger charge is -2.63. The van der Waals surface area contributed by atoms with Gasteiger partial charge in [0.05, 0.1) is 25.6 Å². The molecule has 5 rings (SSSR count). The predicted octanol–water partition coefficient (Wildman–Crippen LogP) is 2.28. The molecular weight excluding hydrogens is 364 g/mol. The average molecular weight is 388 g/mol. The van der Waals surface area contributed by atoms with Crippen LogP contribution in [0, 0.1) is 28.6 Å². The van der Waals surface area contributed by atoms with E-state index in [1.54, 1.807) is 25.2 Å². The predicted molar refractivity (Wildman–Crippen MR) is 96.2 cm³/mol. The van der Waals surface area contributed by atoms with E-state index in [2.05, 4.69) is 6.58 Å². The minimum absolute atomic E-state index is 0.0357. The molecule has 1 saturated heterocycles. The molecule has 0 radical (unpaired) electrons. The molecule has 3 heterocycles. The first kappa shape index (κ1) is 18.8. The maximum atomic E-state index is 13.2. The van der Waals surface area contributed by atoms with Gasteiger partial charge in [-0.1, -0.05) is 19.1 Å². The number of esters is 3. The fourth-order valence-electron chi connectivity index (χ4n) is 5.78. The van der Waals surface area contributed by atoms with Crippen molar-refractivity contribution >= 4 is 17.9 Å². The van der Waals surface area contributed by atoms with E-state index in [0.717, 1.165) is 0 Å². The first-order valence-corrected chi connectivity index (χ1v) is 9.33. The molecule has 28 heavy (non-hydrogen) atoms. The largest absolute Gasteiger partial charge is 0.469 e. The number of cyclic esters (lactones) is 1. The van der Waals surface area contributed by atoms with Crippen LogP contribution < -0.4 is 0 Å². The van der Waals surface area contributed by atoms with Crippen LogP contribution in [0.15, 0.2) is 36.3 Å². The van der Waals surface area contributed by atoms with Gasteiger partial charge >= 0.3 is 17.9 Å². The highest BCUT2D eigenvalue weighted by Crippen LogP contribution is 2.67. The van der Waals surface area contributed by atoms with Crippen LogP contribution in [-0.4, -0.2) is 37.7 Å². The summed E-state index contributed by atoms with van der Waals surface area (Å²) < 4.78 is 21.8. The van der Waals surface area contributed by atoms with Crippen molar-refractivity contribution in [1.29, 1.82) is 0 Å². The molecule has 0 aromatic rings. The van der Waals surface area contributed by atoms with E-state index >= 15 is 0 Å². The van der Waals surface area contributed by atoms with Gasteiger partial charge in [0.15, 0.2) is 5.60 Å². The summed E-state index contributed by atoms with van der Waals surface area (Å²) >= 11 is 0. The van der Waals surface area contributed by atoms with Crippen LogP contribution in [0.3, 0.4) is 0 Å². The number of allylic oxidation sites excluding steroid dienone is 1. The SMILES string of the molecule is C=C[C@@]1(C)CCC2[C@](C)(C(=O)OC)[C@@H]3C=C4C=C(OC)OC(=O)[C@@H]1[C@@]42OC3=O. The number of carbonyl (C=O) groups is 3. The number of carbonyl (C=O) groups excluding carboxylic acids is 3. The molecular formula is C21H24O7. The molecule has 2 bridgehead atoms. The number of hydrogen-bond acceptors (Lipinski definition) is 7. The Morgan fingerprint density at radius 2 is 2.00 bits per heavy atom. The van der Waals surface area contributed by atoms with Gasteiger partial charge in [0.25, 0.3) is 5.95 Å². The van der Waals surface area contributed by atoms with Crippen LogP contribution in [0.4, 0.5) is 0 Å². The highest BCUT2D eigenvalue weighted by Gasteiger charge is 2.76. The third-order valence-electron chi connectivity index (χ3n) is 7.27. The second-order valence-electron chi connectivity index (χ2n) is 8.41. The summed E-state index contributed by atoms with van der Waals surface area (Å²) in [6.07, 6.45) is 6.17. The van der Waals surface area contributed by atoms with Crippen molar-refractivity contribution < 1.29 is 33.3 Å². The van der Waals surface area contributed by atoms with Crippen molar-refractivity contribution in [3.05, 3.63) is 36.3 Å². The fraction of sp³-hybridized carbons (Fsp3) is 0.571. The molecule has 2 fully saturated rings. The fourth-order valence-corrected chi connectivity index (χ4v) is 5.78. The monoisotopic (exact) mass is 388 g/mol. The maximum Gasteiger partial charge on any atom is 0.322 e. The van der Waals surface area contributed by atoms with Crippen LogP contribution in [0.5, 0.6) is 0 Å². The molecule has 0 aromatic carbocycles. The van der Waals surface area contributed by atoms with Crippen LogP contribution in [0.25, 0.3) is 0 Å². The Morgan fingerprint density at radius 1 is 1.29 bits per heavy atom. The van der Waals surface area contributed by atoms with E-state index in [9.17, 15) is 14.4 Å². The minimum atomic E-state index is -1.34. The number of hydrogen-bond donors (Lipinski definition) is 0. The first-order valence-electron chi connectivity index (χ1n) is 9.33. The van der Waals surface area contributed by atoms with Gasteiger partial charge in [-0.05, 0) is 19.8 Å². The Balaban J connectivity index is 2.05. The van der Waals surface area contributed by atoms with Gasteiger partial charge in [-0.15, -0.1) is 6.58 Å². The first-order chi connectivity index (χ1) is 13.2. The van der Waals surface area contributed by atoms with Crippen LogP contribution in [0.1, 0.15) is 26.7 Å². The van der Waals surface area contributed by atoms with Crippen molar-refractivity contribution in [1.82, 2.24) is 0 Å². The number of rotatable bonds is 3. The average Bonchev–Trinajstić information content (AvgIpc) is 2.79. The molecule has 0 amide bonds. The standard InChI is InChI=1S/C21H24O7/c1-6-19(2)8-7-13-20(3,18(24)26-5)12-9-11-10-14(25-4)27-17(23)15(19)21(11,13)28-16(12)22/h6,9-10,12-13,15H,1,7-8H2,2-5H3/t12-,13?,15+,19+,20-,21-/m1/s1. The number of fused-ring (bicyclic) bond motifs is 1. The highest BCUT2D eigenvalue weighted by atomic mass is 16.7. The molecule has 5 aliphatic rings. The smallest absolute Gasteiger partial charge is 0.322 e. The van der Waals surface area contributed by atoms with Crippen LogP contribution >= 0.6 is 0 Å². The Kier molecular flexibility index (Phi) is 3.83. The highest BCUT2D eigenvalue weighted by molar-refractivity contribution is 5.92. The minimum Gasteiger partial charge on any atom is -0.469 e. The van der Waals surface area contributed by atoms with E-state index in [1.165, 1.54) is 14.2 Å². The molecule has 7 heteroatoms. The van der Waals surface area contributed by atoms with E-state index in [-0.39, 0.29) is 5.95 Å². The maximum absolute atomic E-state index is 13.2. The van der Waals surface area contributed by atoms with E-state index < -0.39 is 52.1 Å². The molecule has 7 nitrogen and oxygen atoms in total. The second-order valence-corrected chi connectivity index (χ2v) is 8.41. The van der Waals surface area contributed by atoms with Crippen molar-refractivity contribution in [2.45, 2.75) is 32.3 Å². The molecule has 1 saturated carbocycles. The molecule has 0 aromatic heterocycles. The molecule has 0 N–H and O–H groups in total. The van der Waals surface area contributed by atoms with Gasteiger partial charge in [0.1, 0.15) is 5.92 Å². The summed E-state index contributed by atoms with van der Waals surface area (Å²) in [6, 6.07) is 0.